The minimum Gasteiger partial charge on any atom is -0.298 e. The lowest BCUT2D eigenvalue weighted by molar-refractivity contribution is -0.00379. The van der Waals surface area contributed by atoms with Gasteiger partial charge in [0.25, 0.3) is 0 Å². The SMILES string of the molecule is Clc1ccc(CN2CCN3CCC[C@H]3[C@@H]2C2CCCCC2)cc1Cl. The zero-order chi connectivity index (χ0) is 16.5. The Hall–Kier alpha value is -0.280. The van der Waals surface area contributed by atoms with Gasteiger partial charge < -0.3 is 0 Å². The molecule has 1 aliphatic carbocycles. The van der Waals surface area contributed by atoms with E-state index in [1.165, 1.54) is 70.1 Å². The highest BCUT2D eigenvalue weighted by Crippen LogP contribution is 2.38. The van der Waals surface area contributed by atoms with Crippen molar-refractivity contribution in [1.82, 2.24) is 9.80 Å². The van der Waals surface area contributed by atoms with Crippen LogP contribution in [0.4, 0.5) is 0 Å². The highest BCUT2D eigenvalue weighted by Gasteiger charge is 2.42. The minimum atomic E-state index is 0.657. The molecule has 2 heterocycles. The van der Waals surface area contributed by atoms with Crippen LogP contribution in [0.3, 0.4) is 0 Å². The molecule has 2 nitrogen and oxygen atoms in total. The van der Waals surface area contributed by atoms with Crippen molar-refractivity contribution in [3.63, 3.8) is 0 Å². The lowest BCUT2D eigenvalue weighted by atomic mass is 9.78. The topological polar surface area (TPSA) is 6.48 Å². The molecule has 1 aromatic rings. The molecule has 24 heavy (non-hydrogen) atoms. The molecular formula is C20H28Cl2N2. The Morgan fingerprint density at radius 1 is 0.875 bits per heavy atom. The average Bonchev–Trinajstić information content (AvgIpc) is 3.07. The van der Waals surface area contributed by atoms with Gasteiger partial charge >= 0.3 is 0 Å². The Morgan fingerprint density at radius 2 is 1.71 bits per heavy atom. The number of fused-ring (bicyclic) bond motifs is 1. The second-order valence-electron chi connectivity index (χ2n) is 7.85. The molecule has 1 saturated carbocycles. The first kappa shape index (κ1) is 17.1. The summed E-state index contributed by atoms with van der Waals surface area (Å²) in [5.74, 6) is 0.882. The molecule has 0 amide bonds. The smallest absolute Gasteiger partial charge is 0.0595 e. The van der Waals surface area contributed by atoms with E-state index in [-0.39, 0.29) is 0 Å². The summed E-state index contributed by atoms with van der Waals surface area (Å²) in [5.41, 5.74) is 1.30. The van der Waals surface area contributed by atoms with Gasteiger partial charge in [0, 0.05) is 31.7 Å². The lowest BCUT2D eigenvalue weighted by Crippen LogP contribution is -2.59. The largest absolute Gasteiger partial charge is 0.298 e. The number of benzene rings is 1. The maximum Gasteiger partial charge on any atom is 0.0595 e. The second kappa shape index (κ2) is 7.53. The van der Waals surface area contributed by atoms with E-state index in [1.807, 2.05) is 6.07 Å². The number of hydrogen-bond acceptors (Lipinski definition) is 2. The third-order valence-electron chi connectivity index (χ3n) is 6.41. The Labute approximate surface area is 156 Å². The van der Waals surface area contributed by atoms with Crippen LogP contribution >= 0.6 is 23.2 Å². The van der Waals surface area contributed by atoms with Crippen LogP contribution in [0.2, 0.25) is 10.0 Å². The van der Waals surface area contributed by atoms with E-state index in [0.29, 0.717) is 10.0 Å². The molecule has 3 aliphatic rings. The zero-order valence-corrected chi connectivity index (χ0v) is 15.9. The molecule has 0 radical (unpaired) electrons. The van der Waals surface area contributed by atoms with E-state index in [4.69, 9.17) is 23.2 Å². The van der Waals surface area contributed by atoms with Gasteiger partial charge in [0.1, 0.15) is 0 Å². The first-order chi connectivity index (χ1) is 11.7. The first-order valence-corrected chi connectivity index (χ1v) is 10.4. The van der Waals surface area contributed by atoms with Gasteiger partial charge in [-0.1, -0.05) is 48.5 Å². The molecule has 0 unspecified atom stereocenters. The molecular weight excluding hydrogens is 339 g/mol. The van der Waals surface area contributed by atoms with Crippen molar-refractivity contribution in [2.24, 2.45) is 5.92 Å². The van der Waals surface area contributed by atoms with Gasteiger partial charge in [0.2, 0.25) is 0 Å². The first-order valence-electron chi connectivity index (χ1n) is 9.64. The van der Waals surface area contributed by atoms with Gasteiger partial charge in [-0.25, -0.2) is 0 Å². The fourth-order valence-corrected chi connectivity index (χ4v) is 5.63. The highest BCUT2D eigenvalue weighted by atomic mass is 35.5. The molecule has 4 rings (SSSR count). The maximum atomic E-state index is 6.25. The number of hydrogen-bond donors (Lipinski definition) is 0. The maximum absolute atomic E-state index is 6.25. The molecule has 2 atom stereocenters. The molecule has 132 valence electrons. The quantitative estimate of drug-likeness (QED) is 0.723. The van der Waals surface area contributed by atoms with E-state index in [9.17, 15) is 0 Å². The summed E-state index contributed by atoms with van der Waals surface area (Å²) in [5, 5.41) is 1.34. The molecule has 2 aliphatic heterocycles. The van der Waals surface area contributed by atoms with E-state index < -0.39 is 0 Å². The molecule has 0 spiro atoms. The van der Waals surface area contributed by atoms with E-state index in [1.54, 1.807) is 0 Å². The van der Waals surface area contributed by atoms with Crippen molar-refractivity contribution in [1.29, 1.82) is 0 Å². The summed E-state index contributed by atoms with van der Waals surface area (Å²) in [7, 11) is 0. The van der Waals surface area contributed by atoms with Gasteiger partial charge in [-0.3, -0.25) is 9.80 Å². The molecule has 2 saturated heterocycles. The Kier molecular flexibility index (Phi) is 5.38. The number of nitrogens with zero attached hydrogens (tertiary/aromatic N) is 2. The summed E-state index contributed by atoms with van der Waals surface area (Å²) in [6.45, 7) is 4.75. The Morgan fingerprint density at radius 3 is 2.50 bits per heavy atom. The number of rotatable bonds is 3. The molecule has 0 bridgehead atoms. The van der Waals surface area contributed by atoms with Crippen molar-refractivity contribution in [2.45, 2.75) is 63.6 Å². The standard InChI is InChI=1S/C20H28Cl2N2/c21-17-9-8-15(13-18(17)22)14-24-12-11-23-10-4-7-19(23)20(24)16-5-2-1-3-6-16/h8-9,13,16,19-20H,1-7,10-12,14H2/t19-,20-/m0/s1. The van der Waals surface area contributed by atoms with Crippen LogP contribution in [0.25, 0.3) is 0 Å². The summed E-state index contributed by atoms with van der Waals surface area (Å²) >= 11 is 12.3. The van der Waals surface area contributed by atoms with Crippen LogP contribution in [0.15, 0.2) is 18.2 Å². The number of piperazine rings is 1. The minimum absolute atomic E-state index is 0.657. The highest BCUT2D eigenvalue weighted by molar-refractivity contribution is 6.42. The van der Waals surface area contributed by atoms with Crippen LogP contribution < -0.4 is 0 Å². The summed E-state index contributed by atoms with van der Waals surface area (Å²) in [6.07, 6.45) is 9.90. The number of halogens is 2. The van der Waals surface area contributed by atoms with Crippen LogP contribution in [0.5, 0.6) is 0 Å². The van der Waals surface area contributed by atoms with Crippen molar-refractivity contribution >= 4 is 23.2 Å². The third kappa shape index (κ3) is 3.49. The Balaban J connectivity index is 1.55. The fourth-order valence-electron chi connectivity index (χ4n) is 5.31. The fraction of sp³-hybridized carbons (Fsp3) is 0.700. The van der Waals surface area contributed by atoms with E-state index >= 15 is 0 Å². The van der Waals surface area contributed by atoms with E-state index in [2.05, 4.69) is 21.9 Å². The molecule has 1 aromatic carbocycles. The monoisotopic (exact) mass is 366 g/mol. The van der Waals surface area contributed by atoms with Crippen LogP contribution in [0, 0.1) is 5.92 Å². The summed E-state index contributed by atoms with van der Waals surface area (Å²) in [6, 6.07) is 7.66. The van der Waals surface area contributed by atoms with Gasteiger partial charge in [-0.15, -0.1) is 0 Å². The molecule has 0 N–H and O–H groups in total. The van der Waals surface area contributed by atoms with Gasteiger partial charge in [-0.2, -0.15) is 0 Å². The van der Waals surface area contributed by atoms with Gasteiger partial charge in [-0.05, 0) is 55.8 Å². The summed E-state index contributed by atoms with van der Waals surface area (Å²) < 4.78 is 0. The van der Waals surface area contributed by atoms with Gasteiger partial charge in [0.05, 0.1) is 10.0 Å². The molecule has 0 aromatic heterocycles. The average molecular weight is 367 g/mol. The molecule has 4 heteroatoms. The Bertz CT molecular complexity index is 571. The normalized spacial score (nSPS) is 29.8. The van der Waals surface area contributed by atoms with Crippen molar-refractivity contribution in [3.05, 3.63) is 33.8 Å². The predicted octanol–water partition coefficient (Wildman–Crippen LogP) is 5.22. The third-order valence-corrected chi connectivity index (χ3v) is 7.15. The molecule has 3 fully saturated rings. The van der Waals surface area contributed by atoms with Crippen molar-refractivity contribution in [3.8, 4) is 0 Å². The summed E-state index contributed by atoms with van der Waals surface area (Å²) in [4.78, 5) is 5.53. The predicted molar refractivity (Wildman–Crippen MR) is 102 cm³/mol. The van der Waals surface area contributed by atoms with Crippen LogP contribution in [0.1, 0.15) is 50.5 Å². The second-order valence-corrected chi connectivity index (χ2v) is 8.67. The van der Waals surface area contributed by atoms with Crippen molar-refractivity contribution in [2.75, 3.05) is 19.6 Å². The van der Waals surface area contributed by atoms with E-state index in [0.717, 1.165) is 24.5 Å². The van der Waals surface area contributed by atoms with Crippen LogP contribution in [-0.2, 0) is 6.54 Å². The lowest BCUT2D eigenvalue weighted by Gasteiger charge is -2.49. The van der Waals surface area contributed by atoms with Gasteiger partial charge in [0.15, 0.2) is 0 Å². The zero-order valence-electron chi connectivity index (χ0n) is 14.4. The van der Waals surface area contributed by atoms with Crippen molar-refractivity contribution < 1.29 is 0 Å². The van der Waals surface area contributed by atoms with Crippen LogP contribution in [-0.4, -0.2) is 41.5 Å².